The first kappa shape index (κ1) is 14.7. The predicted octanol–water partition coefficient (Wildman–Crippen LogP) is 6.74. The molecular weight excluding hydrogens is 288 g/mol. The molecule has 0 aliphatic heterocycles. The zero-order valence-corrected chi connectivity index (χ0v) is 13.9. The van der Waals surface area contributed by atoms with Gasteiger partial charge in [0.1, 0.15) is 0 Å². The third-order valence-corrected chi connectivity index (χ3v) is 4.70. The van der Waals surface area contributed by atoms with E-state index in [1.54, 1.807) is 0 Å². The van der Waals surface area contributed by atoms with Crippen LogP contribution in [0.1, 0.15) is 12.5 Å². The second kappa shape index (κ2) is 6.33. The summed E-state index contributed by atoms with van der Waals surface area (Å²) in [6, 6.07) is 32.6. The maximum absolute atomic E-state index is 2.28. The lowest BCUT2D eigenvalue weighted by Gasteiger charge is -2.16. The van der Waals surface area contributed by atoms with E-state index < -0.39 is 0 Å². The summed E-state index contributed by atoms with van der Waals surface area (Å²) in [6.07, 6.45) is 1.03. The van der Waals surface area contributed by atoms with Crippen molar-refractivity contribution < 1.29 is 0 Å². The topological polar surface area (TPSA) is 0 Å². The summed E-state index contributed by atoms with van der Waals surface area (Å²) in [5.41, 5.74) is 6.64. The molecule has 0 saturated heterocycles. The van der Waals surface area contributed by atoms with Crippen LogP contribution in [0.4, 0.5) is 0 Å². The van der Waals surface area contributed by atoms with Gasteiger partial charge in [-0.05, 0) is 45.0 Å². The molecule has 4 aromatic rings. The van der Waals surface area contributed by atoms with Gasteiger partial charge < -0.3 is 0 Å². The Bertz CT molecular complexity index is 981. The molecule has 4 rings (SSSR count). The third kappa shape index (κ3) is 2.51. The highest BCUT2D eigenvalue weighted by molar-refractivity contribution is 5.95. The van der Waals surface area contributed by atoms with Crippen LogP contribution >= 0.6 is 0 Å². The number of benzene rings is 4. The maximum atomic E-state index is 2.28. The SMILES string of the molecule is CCc1c(-c2ccccc2-c2ccccc2)ccc2ccccc12. The smallest absolute Gasteiger partial charge is 0.0102 e. The van der Waals surface area contributed by atoms with Gasteiger partial charge in [-0.2, -0.15) is 0 Å². The first-order chi connectivity index (χ1) is 11.9. The zero-order valence-electron chi connectivity index (χ0n) is 13.9. The number of hydrogen-bond acceptors (Lipinski definition) is 0. The molecule has 0 nitrogen and oxygen atoms in total. The van der Waals surface area contributed by atoms with Crippen LogP contribution in [0.2, 0.25) is 0 Å². The van der Waals surface area contributed by atoms with E-state index in [2.05, 4.69) is 97.9 Å². The average molecular weight is 308 g/mol. The van der Waals surface area contributed by atoms with E-state index in [0.717, 1.165) is 6.42 Å². The molecule has 0 unspecified atom stereocenters. The Kier molecular flexibility index (Phi) is 3.88. The van der Waals surface area contributed by atoms with E-state index >= 15 is 0 Å². The Labute approximate surface area is 143 Å². The largest absolute Gasteiger partial charge is 0.0622 e. The Hall–Kier alpha value is -2.86. The molecule has 0 N–H and O–H groups in total. The van der Waals surface area contributed by atoms with E-state index in [4.69, 9.17) is 0 Å². The summed E-state index contributed by atoms with van der Waals surface area (Å²) in [4.78, 5) is 0. The molecule has 0 atom stereocenters. The molecule has 0 aliphatic rings. The Morgan fingerprint density at radius 2 is 1.21 bits per heavy atom. The number of fused-ring (bicyclic) bond motifs is 1. The van der Waals surface area contributed by atoms with E-state index in [-0.39, 0.29) is 0 Å². The fraction of sp³-hybridized carbons (Fsp3) is 0.0833. The minimum absolute atomic E-state index is 1.03. The van der Waals surface area contributed by atoms with Gasteiger partial charge in [0.25, 0.3) is 0 Å². The van der Waals surface area contributed by atoms with E-state index in [0.29, 0.717) is 0 Å². The Morgan fingerprint density at radius 3 is 2.00 bits per heavy atom. The molecule has 24 heavy (non-hydrogen) atoms. The predicted molar refractivity (Wildman–Crippen MR) is 104 cm³/mol. The molecule has 0 aromatic heterocycles. The lowest BCUT2D eigenvalue weighted by atomic mass is 9.88. The fourth-order valence-corrected chi connectivity index (χ4v) is 3.56. The summed E-state index contributed by atoms with van der Waals surface area (Å²) in [6.45, 7) is 2.25. The number of aryl methyl sites for hydroxylation is 1. The van der Waals surface area contributed by atoms with Gasteiger partial charge in [-0.25, -0.2) is 0 Å². The van der Waals surface area contributed by atoms with Gasteiger partial charge in [-0.15, -0.1) is 0 Å². The molecule has 0 heterocycles. The van der Waals surface area contributed by atoms with Gasteiger partial charge in [0.15, 0.2) is 0 Å². The second-order valence-electron chi connectivity index (χ2n) is 6.08. The normalized spacial score (nSPS) is 10.9. The highest BCUT2D eigenvalue weighted by Crippen LogP contribution is 2.36. The van der Waals surface area contributed by atoms with Crippen molar-refractivity contribution in [1.82, 2.24) is 0 Å². The molecule has 116 valence electrons. The van der Waals surface area contributed by atoms with Crippen molar-refractivity contribution >= 4 is 10.8 Å². The molecule has 0 fully saturated rings. The van der Waals surface area contributed by atoms with Crippen LogP contribution < -0.4 is 0 Å². The molecule has 4 aromatic carbocycles. The van der Waals surface area contributed by atoms with Crippen LogP contribution in [-0.2, 0) is 6.42 Å². The summed E-state index contributed by atoms with van der Waals surface area (Å²) in [5.74, 6) is 0. The minimum atomic E-state index is 1.03. The Morgan fingerprint density at radius 1 is 0.542 bits per heavy atom. The lowest BCUT2D eigenvalue weighted by Crippen LogP contribution is -1.92. The third-order valence-electron chi connectivity index (χ3n) is 4.70. The summed E-state index contributed by atoms with van der Waals surface area (Å²) < 4.78 is 0. The molecule has 0 saturated carbocycles. The molecule has 0 bridgehead atoms. The average Bonchev–Trinajstić information content (AvgIpc) is 2.67. The van der Waals surface area contributed by atoms with Crippen LogP contribution in [0.5, 0.6) is 0 Å². The highest BCUT2D eigenvalue weighted by Gasteiger charge is 2.12. The first-order valence-corrected chi connectivity index (χ1v) is 8.54. The van der Waals surface area contributed by atoms with Crippen LogP contribution in [-0.4, -0.2) is 0 Å². The Balaban J connectivity index is 1.99. The van der Waals surface area contributed by atoms with Crippen molar-refractivity contribution in [1.29, 1.82) is 0 Å². The quantitative estimate of drug-likeness (QED) is 0.393. The van der Waals surface area contributed by atoms with Gasteiger partial charge in [0.2, 0.25) is 0 Å². The molecule has 0 radical (unpaired) electrons. The van der Waals surface area contributed by atoms with E-state index in [1.165, 1.54) is 38.6 Å². The van der Waals surface area contributed by atoms with E-state index in [9.17, 15) is 0 Å². The van der Waals surface area contributed by atoms with Crippen molar-refractivity contribution in [3.05, 3.63) is 96.6 Å². The minimum Gasteiger partial charge on any atom is -0.0622 e. The van der Waals surface area contributed by atoms with Crippen molar-refractivity contribution in [2.24, 2.45) is 0 Å². The number of rotatable bonds is 3. The molecule has 0 amide bonds. The monoisotopic (exact) mass is 308 g/mol. The summed E-state index contributed by atoms with van der Waals surface area (Å²) >= 11 is 0. The van der Waals surface area contributed by atoms with Gasteiger partial charge in [0.05, 0.1) is 0 Å². The van der Waals surface area contributed by atoms with Gasteiger partial charge in [-0.1, -0.05) is 97.9 Å². The fourth-order valence-electron chi connectivity index (χ4n) is 3.56. The van der Waals surface area contributed by atoms with Crippen LogP contribution in [0.3, 0.4) is 0 Å². The first-order valence-electron chi connectivity index (χ1n) is 8.54. The summed E-state index contributed by atoms with van der Waals surface area (Å²) in [5, 5.41) is 2.68. The maximum Gasteiger partial charge on any atom is -0.0102 e. The van der Waals surface area contributed by atoms with Gasteiger partial charge >= 0.3 is 0 Å². The molecule has 0 spiro atoms. The molecule has 0 heteroatoms. The lowest BCUT2D eigenvalue weighted by molar-refractivity contribution is 1.16. The van der Waals surface area contributed by atoms with Crippen molar-refractivity contribution in [3.8, 4) is 22.3 Å². The standard InChI is InChI=1S/C24H20/c1-2-20-21-13-7-6-12-19(21)16-17-24(20)23-15-9-8-14-22(23)18-10-4-3-5-11-18/h3-17H,2H2,1H3. The highest BCUT2D eigenvalue weighted by atomic mass is 14.2. The zero-order chi connectivity index (χ0) is 16.4. The molecule has 0 aliphatic carbocycles. The van der Waals surface area contributed by atoms with Gasteiger partial charge in [0, 0.05) is 0 Å². The molecular formula is C24H20. The van der Waals surface area contributed by atoms with Crippen LogP contribution in [0.25, 0.3) is 33.0 Å². The van der Waals surface area contributed by atoms with Crippen LogP contribution in [0, 0.1) is 0 Å². The van der Waals surface area contributed by atoms with Crippen molar-refractivity contribution in [2.45, 2.75) is 13.3 Å². The van der Waals surface area contributed by atoms with Crippen molar-refractivity contribution in [2.75, 3.05) is 0 Å². The van der Waals surface area contributed by atoms with Crippen LogP contribution in [0.15, 0.2) is 91.0 Å². The van der Waals surface area contributed by atoms with Gasteiger partial charge in [-0.3, -0.25) is 0 Å². The van der Waals surface area contributed by atoms with Crippen molar-refractivity contribution in [3.63, 3.8) is 0 Å². The van der Waals surface area contributed by atoms with E-state index in [1.807, 2.05) is 0 Å². The number of hydrogen-bond donors (Lipinski definition) is 0. The second-order valence-corrected chi connectivity index (χ2v) is 6.08. The summed E-state index contributed by atoms with van der Waals surface area (Å²) in [7, 11) is 0.